The summed E-state index contributed by atoms with van der Waals surface area (Å²) in [5.74, 6) is 0. The van der Waals surface area contributed by atoms with Gasteiger partial charge in [-0.25, -0.2) is 0 Å². The van der Waals surface area contributed by atoms with E-state index in [1.165, 1.54) is 12.1 Å². The van der Waals surface area contributed by atoms with E-state index in [9.17, 15) is 13.2 Å². The second-order valence-electron chi connectivity index (χ2n) is 4.08. The van der Waals surface area contributed by atoms with Crippen molar-refractivity contribution in [1.29, 1.82) is 0 Å². The summed E-state index contributed by atoms with van der Waals surface area (Å²) in [6, 6.07) is 4.06. The molecule has 0 aromatic heterocycles. The first-order valence-electron chi connectivity index (χ1n) is 5.47. The Morgan fingerprint density at radius 3 is 2.59 bits per heavy atom. The molecule has 0 radical (unpaired) electrons. The van der Waals surface area contributed by atoms with Crippen LogP contribution in [0.3, 0.4) is 0 Å². The molecule has 96 valence electrons. The van der Waals surface area contributed by atoms with E-state index in [1.54, 1.807) is 6.07 Å². The highest BCUT2D eigenvalue weighted by molar-refractivity contribution is 5.59. The number of hydrogen-bond donors (Lipinski definition) is 1. The molecule has 1 aromatic carbocycles. The van der Waals surface area contributed by atoms with Gasteiger partial charge in [0, 0.05) is 18.8 Å². The summed E-state index contributed by atoms with van der Waals surface area (Å²) in [6.45, 7) is 3.70. The van der Waals surface area contributed by atoms with Crippen molar-refractivity contribution in [1.82, 2.24) is 6.15 Å². The number of rotatable bonds is 2. The Kier molecular flexibility index (Phi) is 4.03. The Hall–Kier alpha value is -1.23. The zero-order valence-electron chi connectivity index (χ0n) is 9.85. The molecule has 0 aliphatic carbocycles. The molecule has 3 N–H and O–H groups in total. The lowest BCUT2D eigenvalue weighted by molar-refractivity contribution is -0.137. The number of anilines is 1. The monoisotopic (exact) mass is 246 g/mol. The first kappa shape index (κ1) is 13.8. The summed E-state index contributed by atoms with van der Waals surface area (Å²) >= 11 is 0. The fourth-order valence-electron chi connectivity index (χ4n) is 2.12. The third-order valence-corrected chi connectivity index (χ3v) is 2.90. The van der Waals surface area contributed by atoms with E-state index in [0.717, 1.165) is 37.2 Å². The molecule has 1 aliphatic heterocycles. The zero-order valence-corrected chi connectivity index (χ0v) is 9.85. The molecule has 0 saturated heterocycles. The van der Waals surface area contributed by atoms with Crippen LogP contribution in [0.1, 0.15) is 24.5 Å². The lowest BCUT2D eigenvalue weighted by Gasteiger charge is -2.19. The molecule has 1 aliphatic rings. The minimum atomic E-state index is -4.24. The number of nitrogens with zero attached hydrogens (tertiary/aromatic N) is 1. The average molecular weight is 246 g/mol. The molecule has 0 unspecified atom stereocenters. The van der Waals surface area contributed by atoms with Crippen LogP contribution in [0, 0.1) is 0 Å². The number of fused-ring (bicyclic) bond motifs is 1. The summed E-state index contributed by atoms with van der Waals surface area (Å²) in [6.07, 6.45) is -2.43. The Balaban J connectivity index is 0.00000144. The third kappa shape index (κ3) is 2.72. The molecule has 2 rings (SSSR count). The van der Waals surface area contributed by atoms with Crippen molar-refractivity contribution in [3.05, 3.63) is 29.3 Å². The van der Waals surface area contributed by atoms with Crippen molar-refractivity contribution in [3.8, 4) is 0 Å². The zero-order chi connectivity index (χ0) is 11.8. The van der Waals surface area contributed by atoms with Gasteiger partial charge in [0.1, 0.15) is 0 Å². The number of halogens is 3. The van der Waals surface area contributed by atoms with Crippen LogP contribution in [0.4, 0.5) is 18.9 Å². The fraction of sp³-hybridized carbons (Fsp3) is 0.500. The highest BCUT2D eigenvalue weighted by Gasteiger charge is 2.32. The minimum absolute atomic E-state index is 0. The largest absolute Gasteiger partial charge is 0.416 e. The number of benzene rings is 1. The molecular formula is C12H17F3N2. The second-order valence-corrected chi connectivity index (χ2v) is 4.08. The lowest BCUT2D eigenvalue weighted by Crippen LogP contribution is -2.21. The molecule has 0 saturated carbocycles. The normalized spacial score (nSPS) is 14.5. The summed E-state index contributed by atoms with van der Waals surface area (Å²) in [4.78, 5) is 2.03. The van der Waals surface area contributed by atoms with Gasteiger partial charge in [0.15, 0.2) is 0 Å². The summed E-state index contributed by atoms with van der Waals surface area (Å²) < 4.78 is 37.7. The lowest BCUT2D eigenvalue weighted by atomic mass is 10.1. The minimum Gasteiger partial charge on any atom is -0.371 e. The first-order chi connectivity index (χ1) is 7.52. The van der Waals surface area contributed by atoms with Crippen LogP contribution in [0.25, 0.3) is 0 Å². The molecule has 2 nitrogen and oxygen atoms in total. The Bertz CT molecular complexity index is 386. The van der Waals surface area contributed by atoms with Crippen LogP contribution in [-0.4, -0.2) is 13.1 Å². The predicted octanol–water partition coefficient (Wildman–Crippen LogP) is 3.64. The summed E-state index contributed by atoms with van der Waals surface area (Å²) in [5, 5.41) is 0. The quantitative estimate of drug-likeness (QED) is 0.865. The van der Waals surface area contributed by atoms with Crippen LogP contribution in [0.15, 0.2) is 18.2 Å². The van der Waals surface area contributed by atoms with Crippen LogP contribution in [0.2, 0.25) is 0 Å². The van der Waals surface area contributed by atoms with Gasteiger partial charge in [-0.05, 0) is 30.5 Å². The van der Waals surface area contributed by atoms with E-state index >= 15 is 0 Å². The van der Waals surface area contributed by atoms with Crippen LogP contribution >= 0.6 is 0 Å². The summed E-state index contributed by atoms with van der Waals surface area (Å²) in [7, 11) is 0. The maximum Gasteiger partial charge on any atom is 0.416 e. The fourth-order valence-corrected chi connectivity index (χ4v) is 2.12. The van der Waals surface area contributed by atoms with E-state index in [1.807, 2.05) is 11.8 Å². The highest BCUT2D eigenvalue weighted by Crippen LogP contribution is 2.36. The van der Waals surface area contributed by atoms with Crippen molar-refractivity contribution >= 4 is 5.69 Å². The molecule has 0 bridgehead atoms. The Morgan fingerprint density at radius 1 is 1.29 bits per heavy atom. The van der Waals surface area contributed by atoms with E-state index in [0.29, 0.717) is 0 Å². The van der Waals surface area contributed by atoms with Gasteiger partial charge < -0.3 is 11.1 Å². The molecule has 1 heterocycles. The average Bonchev–Trinajstić information content (AvgIpc) is 2.60. The maximum absolute atomic E-state index is 12.6. The standard InChI is InChI=1S/C12H14F3N.H3N/c1-2-6-16-7-5-9-3-4-10(8-11(9)16)12(13,14)15;/h3-4,8H,2,5-7H2,1H3;1H3. The van der Waals surface area contributed by atoms with Gasteiger partial charge in [0.25, 0.3) is 0 Å². The van der Waals surface area contributed by atoms with Gasteiger partial charge in [0.2, 0.25) is 0 Å². The van der Waals surface area contributed by atoms with Gasteiger partial charge in [-0.3, -0.25) is 0 Å². The predicted molar refractivity (Wildman–Crippen MR) is 62.7 cm³/mol. The number of alkyl halides is 3. The maximum atomic E-state index is 12.6. The van der Waals surface area contributed by atoms with Crippen molar-refractivity contribution in [2.45, 2.75) is 25.9 Å². The van der Waals surface area contributed by atoms with Crippen molar-refractivity contribution in [2.75, 3.05) is 18.0 Å². The molecule has 0 fully saturated rings. The number of hydrogen-bond acceptors (Lipinski definition) is 2. The van der Waals surface area contributed by atoms with Gasteiger partial charge >= 0.3 is 6.18 Å². The molecule has 0 amide bonds. The highest BCUT2D eigenvalue weighted by atomic mass is 19.4. The van der Waals surface area contributed by atoms with Gasteiger partial charge in [-0.1, -0.05) is 13.0 Å². The van der Waals surface area contributed by atoms with Crippen molar-refractivity contribution in [3.63, 3.8) is 0 Å². The molecule has 0 spiro atoms. The Labute approximate surface area is 99.0 Å². The van der Waals surface area contributed by atoms with Crippen molar-refractivity contribution < 1.29 is 13.2 Å². The van der Waals surface area contributed by atoms with Crippen LogP contribution in [0.5, 0.6) is 0 Å². The molecular weight excluding hydrogens is 229 g/mol. The van der Waals surface area contributed by atoms with E-state index in [4.69, 9.17) is 0 Å². The van der Waals surface area contributed by atoms with Crippen LogP contribution < -0.4 is 11.1 Å². The topological polar surface area (TPSA) is 38.2 Å². The van der Waals surface area contributed by atoms with Gasteiger partial charge in [0.05, 0.1) is 5.56 Å². The van der Waals surface area contributed by atoms with Gasteiger partial charge in [-0.15, -0.1) is 0 Å². The van der Waals surface area contributed by atoms with Crippen molar-refractivity contribution in [2.24, 2.45) is 0 Å². The smallest absolute Gasteiger partial charge is 0.371 e. The molecule has 0 atom stereocenters. The second kappa shape index (κ2) is 4.96. The first-order valence-corrected chi connectivity index (χ1v) is 5.47. The van der Waals surface area contributed by atoms with E-state index in [2.05, 4.69) is 0 Å². The molecule has 1 aromatic rings. The SMILES string of the molecule is CCCN1CCc2ccc(C(F)(F)F)cc21.N. The third-order valence-electron chi connectivity index (χ3n) is 2.90. The molecule has 17 heavy (non-hydrogen) atoms. The summed E-state index contributed by atoms with van der Waals surface area (Å²) in [5.41, 5.74) is 1.24. The van der Waals surface area contributed by atoms with Gasteiger partial charge in [-0.2, -0.15) is 13.2 Å². The molecule has 5 heteroatoms. The van der Waals surface area contributed by atoms with E-state index in [-0.39, 0.29) is 6.15 Å². The Morgan fingerprint density at radius 2 is 2.00 bits per heavy atom. The van der Waals surface area contributed by atoms with E-state index < -0.39 is 11.7 Å². The van der Waals surface area contributed by atoms with Crippen LogP contribution in [-0.2, 0) is 12.6 Å².